The quantitative estimate of drug-likeness (QED) is 0.648. The van der Waals surface area contributed by atoms with E-state index in [-0.39, 0.29) is 0 Å². The summed E-state index contributed by atoms with van der Waals surface area (Å²) >= 11 is 1.51. The van der Waals surface area contributed by atoms with Crippen LogP contribution in [-0.4, -0.2) is 59.3 Å². The van der Waals surface area contributed by atoms with Gasteiger partial charge in [0.05, 0.1) is 35.2 Å². The van der Waals surface area contributed by atoms with Crippen LogP contribution in [0.4, 0.5) is 0 Å². The van der Waals surface area contributed by atoms with Crippen LogP contribution in [0.2, 0.25) is 0 Å². The van der Waals surface area contributed by atoms with Crippen LogP contribution in [0, 0.1) is 11.3 Å². The zero-order chi connectivity index (χ0) is 18.5. The van der Waals surface area contributed by atoms with E-state index in [1.807, 2.05) is 24.3 Å². The third-order valence-electron chi connectivity index (χ3n) is 4.38. The van der Waals surface area contributed by atoms with Gasteiger partial charge in [-0.3, -0.25) is 4.90 Å². The molecule has 0 N–H and O–H groups in total. The van der Waals surface area contributed by atoms with Gasteiger partial charge in [-0.25, -0.2) is 9.97 Å². The van der Waals surface area contributed by atoms with Gasteiger partial charge in [-0.15, -0.1) is 11.3 Å². The van der Waals surface area contributed by atoms with Crippen molar-refractivity contribution in [2.75, 3.05) is 39.5 Å². The number of hydrogen-bond acceptors (Lipinski definition) is 8. The molecule has 0 spiro atoms. The van der Waals surface area contributed by atoms with E-state index in [1.165, 1.54) is 11.3 Å². The fraction of sp³-hybridized carbons (Fsp3) is 0.368. The smallest absolute Gasteiger partial charge is 0.316 e. The maximum atomic E-state index is 9.69. The molecule has 0 saturated carbocycles. The highest BCUT2D eigenvalue weighted by Crippen LogP contribution is 2.30. The van der Waals surface area contributed by atoms with Crippen LogP contribution in [0.15, 0.2) is 36.5 Å². The Bertz CT molecular complexity index is 915. The van der Waals surface area contributed by atoms with Gasteiger partial charge in [0.1, 0.15) is 17.5 Å². The Hall–Kier alpha value is -2.60. The Kier molecular flexibility index (Phi) is 5.53. The summed E-state index contributed by atoms with van der Waals surface area (Å²) in [5.74, 6) is -0.535. The van der Waals surface area contributed by atoms with Crippen LogP contribution in [0.25, 0.3) is 10.2 Å². The molecule has 4 rings (SSSR count). The molecule has 1 aliphatic heterocycles. The number of nitriles is 1. The van der Waals surface area contributed by atoms with Gasteiger partial charge >= 0.3 is 6.01 Å². The molecule has 1 atom stereocenters. The molecule has 1 fully saturated rings. The third kappa shape index (κ3) is 4.22. The summed E-state index contributed by atoms with van der Waals surface area (Å²) in [6.45, 7) is 4.66. The van der Waals surface area contributed by atoms with Gasteiger partial charge in [0.2, 0.25) is 0 Å². The molecule has 1 unspecified atom stereocenters. The lowest BCUT2D eigenvalue weighted by Crippen LogP contribution is -2.38. The Balaban J connectivity index is 1.46. The predicted octanol–water partition coefficient (Wildman–Crippen LogP) is 2.45. The maximum absolute atomic E-state index is 9.69. The van der Waals surface area contributed by atoms with Gasteiger partial charge in [-0.2, -0.15) is 10.2 Å². The Morgan fingerprint density at radius 2 is 2.07 bits per heavy atom. The van der Waals surface area contributed by atoms with Crippen molar-refractivity contribution in [3.8, 4) is 12.1 Å². The van der Waals surface area contributed by atoms with Gasteiger partial charge in [0.15, 0.2) is 0 Å². The molecule has 0 radical (unpaired) electrons. The SMILES string of the molecule is N#CC(c1ccnc(OCCN2CCOCC2)n1)c1nc2ccccc2s1. The van der Waals surface area contributed by atoms with Crippen LogP contribution in [0.5, 0.6) is 6.01 Å². The summed E-state index contributed by atoms with van der Waals surface area (Å²) in [6, 6.07) is 12.2. The fourth-order valence-corrected chi connectivity index (χ4v) is 3.96. The molecule has 1 aliphatic rings. The highest BCUT2D eigenvalue weighted by molar-refractivity contribution is 7.18. The largest absolute Gasteiger partial charge is 0.462 e. The Morgan fingerprint density at radius 1 is 1.22 bits per heavy atom. The molecular formula is C19H19N5O2S. The number of aromatic nitrogens is 3. The van der Waals surface area contributed by atoms with Gasteiger partial charge in [0.25, 0.3) is 0 Å². The highest BCUT2D eigenvalue weighted by Gasteiger charge is 2.20. The number of ether oxygens (including phenoxy) is 2. The first-order valence-corrected chi connectivity index (χ1v) is 9.66. The molecular weight excluding hydrogens is 362 g/mol. The minimum Gasteiger partial charge on any atom is -0.462 e. The Labute approximate surface area is 161 Å². The van der Waals surface area contributed by atoms with Crippen molar-refractivity contribution in [1.82, 2.24) is 19.9 Å². The topological polar surface area (TPSA) is 84.2 Å². The fourth-order valence-electron chi connectivity index (χ4n) is 2.94. The van der Waals surface area contributed by atoms with Crippen LogP contribution in [0.1, 0.15) is 16.6 Å². The zero-order valence-electron chi connectivity index (χ0n) is 14.7. The molecule has 1 aromatic carbocycles. The van der Waals surface area contributed by atoms with Crippen molar-refractivity contribution < 1.29 is 9.47 Å². The predicted molar refractivity (Wildman–Crippen MR) is 102 cm³/mol. The Morgan fingerprint density at radius 3 is 2.89 bits per heavy atom. The lowest BCUT2D eigenvalue weighted by Gasteiger charge is -2.26. The third-order valence-corrected chi connectivity index (χ3v) is 5.48. The number of rotatable bonds is 6. The first-order chi connectivity index (χ1) is 13.3. The number of fused-ring (bicyclic) bond motifs is 1. The van der Waals surface area contributed by atoms with E-state index in [1.54, 1.807) is 12.3 Å². The number of nitrogens with zero attached hydrogens (tertiary/aromatic N) is 5. The number of benzene rings is 1. The molecule has 138 valence electrons. The molecule has 7 nitrogen and oxygen atoms in total. The average molecular weight is 381 g/mol. The molecule has 3 aromatic rings. The number of para-hydroxylation sites is 1. The van der Waals surface area contributed by atoms with E-state index < -0.39 is 5.92 Å². The van der Waals surface area contributed by atoms with E-state index >= 15 is 0 Å². The lowest BCUT2D eigenvalue weighted by molar-refractivity contribution is 0.0317. The second-order valence-electron chi connectivity index (χ2n) is 6.15. The van der Waals surface area contributed by atoms with E-state index in [0.29, 0.717) is 18.3 Å². The van der Waals surface area contributed by atoms with Crippen LogP contribution >= 0.6 is 11.3 Å². The summed E-state index contributed by atoms with van der Waals surface area (Å²) < 4.78 is 12.1. The summed E-state index contributed by atoms with van der Waals surface area (Å²) in [7, 11) is 0. The number of morpholine rings is 1. The van der Waals surface area contributed by atoms with Crippen LogP contribution in [-0.2, 0) is 4.74 Å². The molecule has 2 aromatic heterocycles. The monoisotopic (exact) mass is 381 g/mol. The number of thiazole rings is 1. The minimum atomic E-state index is -0.535. The number of hydrogen-bond donors (Lipinski definition) is 0. The standard InChI is InChI=1S/C19H19N5O2S/c20-13-14(18-22-16-3-1-2-4-17(16)27-18)15-5-6-21-19(23-15)26-12-9-24-7-10-25-11-8-24/h1-6,14H,7-12H2. The van der Waals surface area contributed by atoms with Crippen LogP contribution in [0.3, 0.4) is 0 Å². The van der Waals surface area contributed by atoms with E-state index in [4.69, 9.17) is 9.47 Å². The van der Waals surface area contributed by atoms with Gasteiger partial charge < -0.3 is 9.47 Å². The second-order valence-corrected chi connectivity index (χ2v) is 7.21. The van der Waals surface area contributed by atoms with Crippen molar-refractivity contribution in [3.63, 3.8) is 0 Å². The average Bonchev–Trinajstić information content (AvgIpc) is 3.13. The van der Waals surface area contributed by atoms with Crippen molar-refractivity contribution in [3.05, 3.63) is 47.2 Å². The van der Waals surface area contributed by atoms with Gasteiger partial charge in [-0.05, 0) is 18.2 Å². The zero-order valence-corrected chi connectivity index (χ0v) is 15.6. The van der Waals surface area contributed by atoms with Crippen LogP contribution < -0.4 is 4.74 Å². The summed E-state index contributed by atoms with van der Waals surface area (Å²) in [6.07, 6.45) is 1.63. The van der Waals surface area contributed by atoms with E-state index in [2.05, 4.69) is 25.9 Å². The van der Waals surface area contributed by atoms with Crippen molar-refractivity contribution in [2.45, 2.75) is 5.92 Å². The molecule has 0 aliphatic carbocycles. The maximum Gasteiger partial charge on any atom is 0.316 e. The molecule has 0 amide bonds. The highest BCUT2D eigenvalue weighted by atomic mass is 32.1. The molecule has 3 heterocycles. The summed E-state index contributed by atoms with van der Waals surface area (Å²) in [5.41, 5.74) is 1.50. The summed E-state index contributed by atoms with van der Waals surface area (Å²) in [4.78, 5) is 15.5. The first-order valence-electron chi connectivity index (χ1n) is 8.84. The van der Waals surface area contributed by atoms with Crippen molar-refractivity contribution in [1.29, 1.82) is 5.26 Å². The van der Waals surface area contributed by atoms with E-state index in [9.17, 15) is 5.26 Å². The normalized spacial score (nSPS) is 16.1. The molecule has 0 bridgehead atoms. The van der Waals surface area contributed by atoms with Gasteiger partial charge in [0, 0.05) is 25.8 Å². The lowest BCUT2D eigenvalue weighted by atomic mass is 10.1. The van der Waals surface area contributed by atoms with Crippen molar-refractivity contribution >= 4 is 21.6 Å². The minimum absolute atomic E-state index is 0.294. The van der Waals surface area contributed by atoms with Crippen molar-refractivity contribution in [2.24, 2.45) is 0 Å². The molecule has 27 heavy (non-hydrogen) atoms. The first kappa shape index (κ1) is 17.8. The van der Waals surface area contributed by atoms with Gasteiger partial charge in [-0.1, -0.05) is 12.1 Å². The molecule has 1 saturated heterocycles. The van der Waals surface area contributed by atoms with E-state index in [0.717, 1.165) is 48.1 Å². The summed E-state index contributed by atoms with van der Waals surface area (Å²) in [5, 5.41) is 10.4. The second kappa shape index (κ2) is 8.39. The molecule has 8 heteroatoms.